The Hall–Kier alpha value is -2.00. The molecule has 2 aromatic rings. The Kier molecular flexibility index (Phi) is 7.32. The highest BCUT2D eigenvalue weighted by Crippen LogP contribution is 2.25. The standard InChI is InChI=1S/C18H19ClFNO5S/c1-3-26-18(22)13-9-17(15(20)10-14(13)19)27(23,24)21-11-16(25-2)12-7-5-4-6-8-12/h4-10,16,21H,3,11H2,1-2H3. The number of carbonyl (C=O) groups is 1. The molecule has 0 aliphatic heterocycles. The summed E-state index contributed by atoms with van der Waals surface area (Å²) in [6, 6.07) is 10.6. The van der Waals surface area contributed by atoms with E-state index in [4.69, 9.17) is 21.1 Å². The quantitative estimate of drug-likeness (QED) is 0.669. The summed E-state index contributed by atoms with van der Waals surface area (Å²) in [7, 11) is -2.83. The number of ether oxygens (including phenoxy) is 2. The van der Waals surface area contributed by atoms with E-state index in [9.17, 15) is 17.6 Å². The molecule has 0 heterocycles. The molecule has 1 N–H and O–H groups in total. The van der Waals surface area contributed by atoms with Crippen molar-refractivity contribution in [1.29, 1.82) is 0 Å². The number of sulfonamides is 1. The molecule has 0 aromatic heterocycles. The Morgan fingerprint density at radius 2 is 1.93 bits per heavy atom. The molecule has 0 saturated carbocycles. The molecule has 27 heavy (non-hydrogen) atoms. The second-order valence-electron chi connectivity index (χ2n) is 5.47. The van der Waals surface area contributed by atoms with Crippen LogP contribution in [0.1, 0.15) is 28.9 Å². The lowest BCUT2D eigenvalue weighted by atomic mass is 10.1. The van der Waals surface area contributed by atoms with E-state index in [0.29, 0.717) is 0 Å². The van der Waals surface area contributed by atoms with Gasteiger partial charge in [0.15, 0.2) is 0 Å². The van der Waals surface area contributed by atoms with E-state index in [2.05, 4.69) is 4.72 Å². The number of hydrogen-bond acceptors (Lipinski definition) is 5. The fourth-order valence-corrected chi connectivity index (χ4v) is 3.71. The highest BCUT2D eigenvalue weighted by Gasteiger charge is 2.25. The molecule has 0 bridgehead atoms. The van der Waals surface area contributed by atoms with Crippen LogP contribution >= 0.6 is 11.6 Å². The minimum absolute atomic E-state index is 0.0689. The van der Waals surface area contributed by atoms with Crippen LogP contribution in [-0.2, 0) is 19.5 Å². The molecule has 0 radical (unpaired) electrons. The number of methoxy groups -OCH3 is 1. The Bertz CT molecular complexity index is 905. The van der Waals surface area contributed by atoms with Gasteiger partial charge < -0.3 is 9.47 Å². The van der Waals surface area contributed by atoms with Gasteiger partial charge in [0.2, 0.25) is 10.0 Å². The van der Waals surface area contributed by atoms with Crippen LogP contribution in [-0.4, -0.2) is 34.6 Å². The Balaban J connectivity index is 2.28. The van der Waals surface area contributed by atoms with Gasteiger partial charge in [-0.25, -0.2) is 22.3 Å². The van der Waals surface area contributed by atoms with Gasteiger partial charge in [-0.2, -0.15) is 0 Å². The zero-order valence-corrected chi connectivity index (χ0v) is 16.3. The van der Waals surface area contributed by atoms with Crippen molar-refractivity contribution < 1.29 is 27.1 Å². The summed E-state index contributed by atoms with van der Waals surface area (Å²) >= 11 is 5.84. The van der Waals surface area contributed by atoms with Gasteiger partial charge >= 0.3 is 5.97 Å². The molecule has 1 atom stereocenters. The first-order chi connectivity index (χ1) is 12.8. The third-order valence-electron chi connectivity index (χ3n) is 3.72. The van der Waals surface area contributed by atoms with Gasteiger partial charge in [0, 0.05) is 13.7 Å². The largest absolute Gasteiger partial charge is 0.462 e. The molecule has 9 heteroatoms. The molecule has 0 amide bonds. The number of rotatable bonds is 8. The molecular weight excluding hydrogens is 397 g/mol. The van der Waals surface area contributed by atoms with Crippen molar-refractivity contribution in [2.45, 2.75) is 17.9 Å². The number of halogens is 2. The maximum absolute atomic E-state index is 14.2. The lowest BCUT2D eigenvalue weighted by molar-refractivity contribution is 0.0526. The van der Waals surface area contributed by atoms with E-state index in [1.807, 2.05) is 6.07 Å². The minimum atomic E-state index is -4.26. The Morgan fingerprint density at radius 3 is 2.52 bits per heavy atom. The molecule has 0 fully saturated rings. The summed E-state index contributed by atoms with van der Waals surface area (Å²) in [6.07, 6.45) is -0.569. The van der Waals surface area contributed by atoms with E-state index in [-0.39, 0.29) is 23.7 Å². The summed E-state index contributed by atoms with van der Waals surface area (Å²) in [6.45, 7) is 1.53. The van der Waals surface area contributed by atoms with E-state index in [0.717, 1.165) is 17.7 Å². The molecule has 2 aromatic carbocycles. The second kappa shape index (κ2) is 9.27. The monoisotopic (exact) mass is 415 g/mol. The lowest BCUT2D eigenvalue weighted by Gasteiger charge is -2.17. The smallest absolute Gasteiger partial charge is 0.339 e. The fourth-order valence-electron chi connectivity index (χ4n) is 2.37. The molecule has 0 aliphatic carbocycles. The van der Waals surface area contributed by atoms with Gasteiger partial charge in [0.1, 0.15) is 10.7 Å². The molecule has 146 valence electrons. The zero-order valence-electron chi connectivity index (χ0n) is 14.7. The minimum Gasteiger partial charge on any atom is -0.462 e. The number of carbonyl (C=O) groups excluding carboxylic acids is 1. The summed E-state index contributed by atoms with van der Waals surface area (Å²) in [4.78, 5) is 11.2. The normalized spacial score (nSPS) is 12.6. The molecule has 1 unspecified atom stereocenters. The van der Waals surface area contributed by atoms with Gasteiger partial charge in [-0.05, 0) is 24.6 Å². The van der Waals surface area contributed by atoms with Crippen molar-refractivity contribution in [2.75, 3.05) is 20.3 Å². The highest BCUT2D eigenvalue weighted by molar-refractivity contribution is 7.89. The summed E-state index contributed by atoms with van der Waals surface area (Å²) in [5.41, 5.74) is 0.526. The predicted octanol–water partition coefficient (Wildman–Crippen LogP) is 3.32. The van der Waals surface area contributed by atoms with Crippen molar-refractivity contribution in [3.63, 3.8) is 0 Å². The third-order valence-corrected chi connectivity index (χ3v) is 5.47. The third kappa shape index (κ3) is 5.26. The van der Waals surface area contributed by atoms with E-state index in [1.54, 1.807) is 31.2 Å². The van der Waals surface area contributed by atoms with Crippen LogP contribution in [0.3, 0.4) is 0 Å². The topological polar surface area (TPSA) is 81.7 Å². The fraction of sp³-hybridized carbons (Fsp3) is 0.278. The number of hydrogen-bond donors (Lipinski definition) is 1. The maximum Gasteiger partial charge on any atom is 0.339 e. The lowest BCUT2D eigenvalue weighted by Crippen LogP contribution is -2.30. The van der Waals surface area contributed by atoms with Crippen LogP contribution in [0.5, 0.6) is 0 Å². The zero-order chi connectivity index (χ0) is 20.0. The first kappa shape index (κ1) is 21.3. The van der Waals surface area contributed by atoms with Crippen LogP contribution in [0, 0.1) is 5.82 Å². The number of esters is 1. The van der Waals surface area contributed by atoms with Crippen molar-refractivity contribution in [1.82, 2.24) is 4.72 Å². The van der Waals surface area contributed by atoms with Crippen LogP contribution in [0.25, 0.3) is 0 Å². The first-order valence-electron chi connectivity index (χ1n) is 8.03. The molecular formula is C18H19ClFNO5S. The van der Waals surface area contributed by atoms with Crippen molar-refractivity contribution >= 4 is 27.6 Å². The van der Waals surface area contributed by atoms with Crippen molar-refractivity contribution in [2.24, 2.45) is 0 Å². The van der Waals surface area contributed by atoms with E-state index >= 15 is 0 Å². The average Bonchev–Trinajstić information content (AvgIpc) is 2.63. The van der Waals surface area contributed by atoms with Gasteiger partial charge in [0.05, 0.1) is 23.3 Å². The second-order valence-corrected chi connectivity index (χ2v) is 7.61. The maximum atomic E-state index is 14.2. The van der Waals surface area contributed by atoms with Gasteiger partial charge in [-0.3, -0.25) is 0 Å². The van der Waals surface area contributed by atoms with E-state index < -0.39 is 32.8 Å². The summed E-state index contributed by atoms with van der Waals surface area (Å²) in [5, 5.41) is -0.232. The van der Waals surface area contributed by atoms with Crippen LogP contribution in [0.4, 0.5) is 4.39 Å². The van der Waals surface area contributed by atoms with Gasteiger partial charge in [-0.1, -0.05) is 41.9 Å². The summed E-state index contributed by atoms with van der Waals surface area (Å²) < 4.78 is 51.7. The van der Waals surface area contributed by atoms with Gasteiger partial charge in [0.25, 0.3) is 0 Å². The molecule has 0 saturated heterocycles. The van der Waals surface area contributed by atoms with Crippen molar-refractivity contribution in [3.05, 3.63) is 64.4 Å². The molecule has 6 nitrogen and oxygen atoms in total. The molecule has 0 aliphatic rings. The molecule has 2 rings (SSSR count). The predicted molar refractivity (Wildman–Crippen MR) is 98.7 cm³/mol. The van der Waals surface area contributed by atoms with Crippen molar-refractivity contribution in [3.8, 4) is 0 Å². The Morgan fingerprint density at radius 1 is 1.26 bits per heavy atom. The number of benzene rings is 2. The highest BCUT2D eigenvalue weighted by atomic mass is 35.5. The Labute approximate surface area is 162 Å². The van der Waals surface area contributed by atoms with E-state index in [1.165, 1.54) is 7.11 Å². The number of nitrogens with one attached hydrogen (secondary N) is 1. The summed E-state index contributed by atoms with van der Waals surface area (Å²) in [5.74, 6) is -1.91. The van der Waals surface area contributed by atoms with Gasteiger partial charge in [-0.15, -0.1) is 0 Å². The van der Waals surface area contributed by atoms with Crippen LogP contribution in [0.2, 0.25) is 5.02 Å². The first-order valence-corrected chi connectivity index (χ1v) is 9.89. The molecule has 0 spiro atoms. The average molecular weight is 416 g/mol. The van der Waals surface area contributed by atoms with Crippen LogP contribution in [0.15, 0.2) is 47.4 Å². The SMILES string of the molecule is CCOC(=O)c1cc(S(=O)(=O)NCC(OC)c2ccccc2)c(F)cc1Cl. The van der Waals surface area contributed by atoms with Crippen LogP contribution < -0.4 is 4.72 Å².